The summed E-state index contributed by atoms with van der Waals surface area (Å²) in [6.45, 7) is 28.3. The number of hydrogen-bond acceptors (Lipinski definition) is 4. The number of ketones is 1. The van der Waals surface area contributed by atoms with Crippen LogP contribution >= 0.6 is 11.3 Å². The van der Waals surface area contributed by atoms with E-state index in [1.807, 2.05) is 59.1 Å². The van der Waals surface area contributed by atoms with E-state index in [-0.39, 0.29) is 42.5 Å². The Labute approximate surface area is 297 Å². The molecule has 253 valence electrons. The Morgan fingerprint density at radius 1 is 0.957 bits per heavy atom. The number of aryl methyl sites for hydroxylation is 2. The number of hydrogen-bond donors (Lipinski definition) is 1. The van der Waals surface area contributed by atoms with Gasteiger partial charge in [-0.05, 0) is 67.0 Å². The number of carbonyl (C=O) groups excluding carboxylic acids is 1. The van der Waals surface area contributed by atoms with Crippen molar-refractivity contribution in [1.82, 2.24) is 4.98 Å². The van der Waals surface area contributed by atoms with Crippen LogP contribution in [-0.4, -0.2) is 23.9 Å². The largest absolute Gasteiger partial charge is 0.512 e. The molecular weight excluding hydrogens is 779 g/mol. The van der Waals surface area contributed by atoms with Crippen molar-refractivity contribution < 1.29 is 30.0 Å². The van der Waals surface area contributed by atoms with Crippen molar-refractivity contribution in [2.24, 2.45) is 10.8 Å². The number of pyridine rings is 1. The third kappa shape index (κ3) is 8.48. The summed E-state index contributed by atoms with van der Waals surface area (Å²) in [5.41, 5.74) is 5.70. The Bertz CT molecular complexity index is 1690. The first-order valence-corrected chi connectivity index (χ1v) is 21.1. The molecule has 0 amide bonds. The van der Waals surface area contributed by atoms with Gasteiger partial charge in [-0.1, -0.05) is 104 Å². The van der Waals surface area contributed by atoms with Gasteiger partial charge in [0.1, 0.15) is 5.76 Å². The number of thiophene rings is 1. The van der Waals surface area contributed by atoms with Crippen molar-refractivity contribution in [2.45, 2.75) is 120 Å². The van der Waals surface area contributed by atoms with Crippen molar-refractivity contribution in [3.05, 3.63) is 71.1 Å². The number of allylic oxidation sites excluding steroid dienone is 2. The zero-order valence-corrected chi connectivity index (χ0v) is 34.7. The Hall–Kier alpha value is -2.11. The number of aliphatic hydroxyl groups excluding tert-OH is 1. The molecule has 46 heavy (non-hydrogen) atoms. The van der Waals surface area contributed by atoms with Gasteiger partial charge in [0.05, 0.1) is 8.07 Å². The number of aromatic nitrogens is 1. The molecule has 0 atom stereocenters. The van der Waals surface area contributed by atoms with E-state index >= 15 is 0 Å². The van der Waals surface area contributed by atoms with E-state index in [4.69, 9.17) is 4.98 Å². The summed E-state index contributed by atoms with van der Waals surface area (Å²) in [6, 6.07) is 14.9. The fraction of sp³-hybridized carbons (Fsp3) is 0.500. The number of rotatable bonds is 10. The van der Waals surface area contributed by atoms with Crippen LogP contribution in [-0.2, 0) is 24.9 Å². The first-order chi connectivity index (χ1) is 21.0. The molecule has 2 aromatic heterocycles. The molecule has 2 aromatic carbocycles. The van der Waals surface area contributed by atoms with E-state index in [0.717, 1.165) is 36.9 Å². The normalized spacial score (nSPS) is 12.7. The zero-order chi connectivity index (χ0) is 33.9. The predicted molar refractivity (Wildman–Crippen MR) is 201 cm³/mol. The maximum Gasteiger partial charge on any atom is 0.164 e. The SMILES string of the molecule is CCC(C)(CC)C(=O)/C=C(\O)C(C)(CC)CC.Cc1ccc2c(C(C)C)cc(-c3nccc4c(C)c([Si](C)(C)C)sc34)[c-]c2c1.[Ir]. The van der Waals surface area contributed by atoms with Crippen molar-refractivity contribution in [3.8, 4) is 11.3 Å². The Morgan fingerprint density at radius 3 is 2.07 bits per heavy atom. The van der Waals surface area contributed by atoms with Crippen LogP contribution in [0.15, 0.2) is 48.4 Å². The maximum absolute atomic E-state index is 12.2. The van der Waals surface area contributed by atoms with Crippen LogP contribution in [0.3, 0.4) is 0 Å². The van der Waals surface area contributed by atoms with Crippen molar-refractivity contribution in [1.29, 1.82) is 0 Å². The van der Waals surface area contributed by atoms with Gasteiger partial charge in [-0.3, -0.25) is 9.78 Å². The monoisotopic (exact) mass is 835 g/mol. The second kappa shape index (κ2) is 15.9. The molecular formula is C40H56IrNO2SSi-. The minimum Gasteiger partial charge on any atom is -0.512 e. The van der Waals surface area contributed by atoms with Crippen molar-refractivity contribution >= 4 is 50.6 Å². The number of nitrogens with zero attached hydrogens (tertiary/aromatic N) is 1. The molecule has 0 fully saturated rings. The summed E-state index contributed by atoms with van der Waals surface area (Å²) in [7, 11) is -1.38. The van der Waals surface area contributed by atoms with Crippen LogP contribution in [0.25, 0.3) is 32.1 Å². The molecule has 0 bridgehead atoms. The summed E-state index contributed by atoms with van der Waals surface area (Å²) < 4.78 is 2.90. The molecule has 1 N–H and O–H groups in total. The van der Waals surface area contributed by atoms with Crippen LogP contribution in [0.4, 0.5) is 0 Å². The molecule has 0 aliphatic heterocycles. The minimum atomic E-state index is -1.38. The number of carbonyl (C=O) groups is 1. The van der Waals surface area contributed by atoms with E-state index < -0.39 is 8.07 Å². The van der Waals surface area contributed by atoms with Gasteiger partial charge in [0, 0.05) is 53.6 Å². The van der Waals surface area contributed by atoms with Gasteiger partial charge in [-0.25, -0.2) is 0 Å². The molecule has 4 aromatic rings. The second-order valence-electron chi connectivity index (χ2n) is 14.6. The van der Waals surface area contributed by atoms with Gasteiger partial charge in [0.25, 0.3) is 0 Å². The first-order valence-electron chi connectivity index (χ1n) is 16.8. The molecule has 4 rings (SSSR count). The van der Waals surface area contributed by atoms with Crippen molar-refractivity contribution in [2.75, 3.05) is 0 Å². The topological polar surface area (TPSA) is 50.2 Å². The molecule has 0 unspecified atom stereocenters. The molecule has 6 heteroatoms. The van der Waals surface area contributed by atoms with Gasteiger partial charge in [0.2, 0.25) is 0 Å². The quantitative estimate of drug-likeness (QED) is 0.0749. The van der Waals surface area contributed by atoms with Gasteiger partial charge < -0.3 is 5.11 Å². The maximum atomic E-state index is 12.2. The number of aliphatic hydroxyl groups is 1. The summed E-state index contributed by atoms with van der Waals surface area (Å²) in [5.74, 6) is 0.745. The van der Waals surface area contributed by atoms with Gasteiger partial charge in [0.15, 0.2) is 5.78 Å². The predicted octanol–water partition coefficient (Wildman–Crippen LogP) is 11.8. The van der Waals surface area contributed by atoms with Crippen molar-refractivity contribution in [3.63, 3.8) is 0 Å². The fourth-order valence-corrected chi connectivity index (χ4v) is 9.62. The zero-order valence-electron chi connectivity index (χ0n) is 30.5. The standard InChI is InChI=1S/C25H28NSSi.C15H28O2.Ir/c1-15(2)22-14-19(13-18-12-16(3)8-9-21(18)22)23-24-20(10-11-26-23)17(4)25(27-24)28(5,6)7;1-7-14(5,8-2)12(16)11-13(17)15(6,9-3)10-4;/h8-12,14-15H,1-7H3;11,16H,7-10H2,1-6H3;/q-1;;/b;12-11-;. The van der Waals surface area contributed by atoms with E-state index in [0.29, 0.717) is 5.92 Å². The van der Waals surface area contributed by atoms with Crippen LogP contribution < -0.4 is 4.50 Å². The van der Waals surface area contributed by atoms with E-state index in [9.17, 15) is 9.90 Å². The molecule has 0 aliphatic rings. The number of fused-ring (bicyclic) bond motifs is 2. The molecule has 0 saturated carbocycles. The summed E-state index contributed by atoms with van der Waals surface area (Å²) >= 11 is 1.95. The van der Waals surface area contributed by atoms with E-state index in [2.05, 4.69) is 83.7 Å². The average molecular weight is 835 g/mol. The van der Waals surface area contributed by atoms with Crippen LogP contribution in [0.2, 0.25) is 19.6 Å². The smallest absolute Gasteiger partial charge is 0.164 e. The molecule has 1 radical (unpaired) electrons. The Kier molecular flexibility index (Phi) is 13.8. The molecule has 0 saturated heterocycles. The van der Waals surface area contributed by atoms with Gasteiger partial charge in [-0.15, -0.1) is 29.1 Å². The molecule has 0 spiro atoms. The summed E-state index contributed by atoms with van der Waals surface area (Å²) in [6.07, 6.45) is 6.72. The fourth-order valence-electron chi connectivity index (χ4n) is 5.77. The van der Waals surface area contributed by atoms with Gasteiger partial charge >= 0.3 is 0 Å². The van der Waals surface area contributed by atoms with E-state index in [1.54, 1.807) is 4.50 Å². The van der Waals surface area contributed by atoms with Gasteiger partial charge in [-0.2, -0.15) is 11.3 Å². The Balaban J connectivity index is 0.000000356. The number of benzene rings is 2. The molecule has 0 aliphatic carbocycles. The van der Waals surface area contributed by atoms with Crippen LogP contribution in [0.1, 0.15) is 104 Å². The van der Waals surface area contributed by atoms with E-state index in [1.165, 1.54) is 43.6 Å². The van der Waals surface area contributed by atoms with Crippen LogP contribution in [0, 0.1) is 30.7 Å². The second-order valence-corrected chi connectivity index (χ2v) is 21.0. The Morgan fingerprint density at radius 2 is 1.54 bits per heavy atom. The minimum absolute atomic E-state index is 0. The van der Waals surface area contributed by atoms with Crippen LogP contribution in [0.5, 0.6) is 0 Å². The average Bonchev–Trinajstić information content (AvgIpc) is 3.36. The summed E-state index contributed by atoms with van der Waals surface area (Å²) in [5, 5.41) is 14.0. The first kappa shape index (κ1) is 40.1. The third-order valence-corrected chi connectivity index (χ3v) is 15.1. The third-order valence-electron chi connectivity index (χ3n) is 10.1. The molecule has 3 nitrogen and oxygen atoms in total. The molecule has 2 heterocycles. The summed E-state index contributed by atoms with van der Waals surface area (Å²) in [4.78, 5) is 17.0.